The lowest BCUT2D eigenvalue weighted by Crippen LogP contribution is -2.31. The summed E-state index contributed by atoms with van der Waals surface area (Å²) in [6, 6.07) is 9.22. The van der Waals surface area contributed by atoms with Crippen LogP contribution in [0.25, 0.3) is 0 Å². The van der Waals surface area contributed by atoms with Gasteiger partial charge in [-0.05, 0) is 47.6 Å². The number of ether oxygens (including phenoxy) is 1. The third-order valence-corrected chi connectivity index (χ3v) is 3.54. The van der Waals surface area contributed by atoms with Crippen LogP contribution in [0.2, 0.25) is 5.02 Å². The molecule has 0 amide bonds. The molecular formula is C16H15ClFN3O2S. The van der Waals surface area contributed by atoms with Gasteiger partial charge in [0.15, 0.2) is 16.6 Å². The topological polar surface area (TPSA) is 65.9 Å². The predicted octanol–water partition coefficient (Wildman–Crippen LogP) is 3.19. The van der Waals surface area contributed by atoms with Crippen LogP contribution in [0.1, 0.15) is 11.1 Å². The lowest BCUT2D eigenvalue weighted by molar-refractivity contribution is 0.373. The number of phenolic OH excluding ortho intramolecular Hbond substituents is 1. The van der Waals surface area contributed by atoms with E-state index in [1.165, 1.54) is 25.5 Å². The van der Waals surface area contributed by atoms with Gasteiger partial charge in [0.25, 0.3) is 0 Å². The molecule has 0 aliphatic heterocycles. The van der Waals surface area contributed by atoms with Gasteiger partial charge in [0.2, 0.25) is 0 Å². The quantitative estimate of drug-likeness (QED) is 0.430. The number of benzene rings is 2. The van der Waals surface area contributed by atoms with Gasteiger partial charge in [-0.1, -0.05) is 23.7 Å². The van der Waals surface area contributed by atoms with E-state index in [2.05, 4.69) is 15.8 Å². The zero-order valence-electron chi connectivity index (χ0n) is 12.7. The van der Waals surface area contributed by atoms with E-state index in [9.17, 15) is 9.50 Å². The Hall–Kier alpha value is -2.38. The maximum atomic E-state index is 12.8. The number of hydrazone groups is 1. The second kappa shape index (κ2) is 8.47. The zero-order valence-corrected chi connectivity index (χ0v) is 14.3. The summed E-state index contributed by atoms with van der Waals surface area (Å²) in [5.74, 6) is -0.159. The number of halogens is 2. The molecule has 0 aromatic heterocycles. The van der Waals surface area contributed by atoms with Crippen LogP contribution in [-0.4, -0.2) is 23.5 Å². The minimum absolute atomic E-state index is 0.124. The van der Waals surface area contributed by atoms with Crippen LogP contribution in [0, 0.1) is 5.82 Å². The van der Waals surface area contributed by atoms with Gasteiger partial charge < -0.3 is 15.2 Å². The average Bonchev–Trinajstić information content (AvgIpc) is 2.57. The van der Waals surface area contributed by atoms with Crippen molar-refractivity contribution >= 4 is 35.1 Å². The van der Waals surface area contributed by atoms with Crippen LogP contribution in [0.3, 0.4) is 0 Å². The molecule has 0 unspecified atom stereocenters. The molecule has 0 bridgehead atoms. The number of nitrogens with zero attached hydrogens (tertiary/aromatic N) is 1. The number of hydrogen-bond donors (Lipinski definition) is 3. The largest absolute Gasteiger partial charge is 0.503 e. The molecule has 0 saturated heterocycles. The normalized spacial score (nSPS) is 10.6. The van der Waals surface area contributed by atoms with Gasteiger partial charge in [-0.25, -0.2) is 4.39 Å². The number of nitrogens with one attached hydrogen (secondary N) is 2. The molecule has 24 heavy (non-hydrogen) atoms. The van der Waals surface area contributed by atoms with E-state index < -0.39 is 0 Å². The Kier molecular flexibility index (Phi) is 6.34. The molecule has 0 spiro atoms. The van der Waals surface area contributed by atoms with Gasteiger partial charge in [-0.2, -0.15) is 5.10 Å². The molecule has 0 aliphatic carbocycles. The van der Waals surface area contributed by atoms with Crippen LogP contribution in [-0.2, 0) is 6.54 Å². The third-order valence-electron chi connectivity index (χ3n) is 3.02. The Morgan fingerprint density at radius 1 is 1.38 bits per heavy atom. The molecule has 126 valence electrons. The first kappa shape index (κ1) is 18.0. The standard InChI is InChI=1S/C16H15ClFN3O2S/c1-23-14-7-11(6-13(17)15(14)22)9-20-21-16(24)19-8-10-2-4-12(18)5-3-10/h2-7,9,22H,8H2,1H3,(H2,19,21,24)/b20-9+. The molecule has 0 radical (unpaired) electrons. The number of methoxy groups -OCH3 is 1. The van der Waals surface area contributed by atoms with Crippen molar-refractivity contribution in [1.82, 2.24) is 10.7 Å². The predicted molar refractivity (Wildman–Crippen MR) is 96.2 cm³/mol. The number of hydrogen-bond acceptors (Lipinski definition) is 4. The second-order valence-corrected chi connectivity index (χ2v) is 5.55. The van der Waals surface area contributed by atoms with E-state index in [0.717, 1.165) is 5.56 Å². The van der Waals surface area contributed by atoms with E-state index >= 15 is 0 Å². The molecule has 3 N–H and O–H groups in total. The Labute approximate surface area is 149 Å². The fourth-order valence-electron chi connectivity index (χ4n) is 1.81. The van der Waals surface area contributed by atoms with Gasteiger partial charge in [-0.3, -0.25) is 5.43 Å². The Balaban J connectivity index is 1.88. The highest BCUT2D eigenvalue weighted by molar-refractivity contribution is 7.80. The molecule has 0 saturated carbocycles. The van der Waals surface area contributed by atoms with Crippen molar-refractivity contribution in [2.45, 2.75) is 6.54 Å². The molecule has 2 aromatic carbocycles. The maximum Gasteiger partial charge on any atom is 0.187 e. The summed E-state index contributed by atoms with van der Waals surface area (Å²) in [7, 11) is 1.43. The first-order valence-corrected chi connectivity index (χ1v) is 7.66. The third kappa shape index (κ3) is 5.07. The molecule has 0 fully saturated rings. The summed E-state index contributed by atoms with van der Waals surface area (Å²) in [5, 5.41) is 17.1. The average molecular weight is 368 g/mol. The van der Waals surface area contributed by atoms with Crippen LogP contribution >= 0.6 is 23.8 Å². The Morgan fingerprint density at radius 2 is 2.08 bits per heavy atom. The highest BCUT2D eigenvalue weighted by atomic mass is 35.5. The lowest BCUT2D eigenvalue weighted by Gasteiger charge is -2.08. The zero-order chi connectivity index (χ0) is 17.5. The van der Waals surface area contributed by atoms with Crippen molar-refractivity contribution in [2.75, 3.05) is 7.11 Å². The summed E-state index contributed by atoms with van der Waals surface area (Å²) in [6.07, 6.45) is 1.49. The van der Waals surface area contributed by atoms with E-state index in [1.807, 2.05) is 0 Å². The molecule has 5 nitrogen and oxygen atoms in total. The molecule has 0 aliphatic rings. The number of thiocarbonyl (C=S) groups is 1. The fourth-order valence-corrected chi connectivity index (χ4v) is 2.16. The van der Waals surface area contributed by atoms with Crippen molar-refractivity contribution in [1.29, 1.82) is 0 Å². The molecule has 0 heterocycles. The minimum Gasteiger partial charge on any atom is -0.503 e. The van der Waals surface area contributed by atoms with Gasteiger partial charge in [0.1, 0.15) is 5.82 Å². The van der Waals surface area contributed by atoms with Gasteiger partial charge in [-0.15, -0.1) is 0 Å². The van der Waals surface area contributed by atoms with Crippen molar-refractivity contribution in [2.24, 2.45) is 5.10 Å². The van der Waals surface area contributed by atoms with Crippen molar-refractivity contribution < 1.29 is 14.2 Å². The summed E-state index contributed by atoms with van der Waals surface area (Å²) in [4.78, 5) is 0. The summed E-state index contributed by atoms with van der Waals surface area (Å²) >= 11 is 11.0. The van der Waals surface area contributed by atoms with E-state index in [4.69, 9.17) is 28.6 Å². The van der Waals surface area contributed by atoms with Gasteiger partial charge in [0, 0.05) is 6.54 Å². The van der Waals surface area contributed by atoms with Crippen LogP contribution < -0.4 is 15.5 Å². The smallest absolute Gasteiger partial charge is 0.187 e. The second-order valence-electron chi connectivity index (χ2n) is 4.73. The minimum atomic E-state index is -0.285. The number of rotatable bonds is 5. The number of phenols is 1. The Morgan fingerprint density at radius 3 is 2.75 bits per heavy atom. The highest BCUT2D eigenvalue weighted by Gasteiger charge is 2.07. The monoisotopic (exact) mass is 367 g/mol. The highest BCUT2D eigenvalue weighted by Crippen LogP contribution is 2.34. The van der Waals surface area contributed by atoms with Crippen LogP contribution in [0.15, 0.2) is 41.5 Å². The first-order valence-electron chi connectivity index (χ1n) is 6.87. The fraction of sp³-hybridized carbons (Fsp3) is 0.125. The Bertz CT molecular complexity index is 754. The van der Waals surface area contributed by atoms with E-state index in [-0.39, 0.29) is 22.3 Å². The van der Waals surface area contributed by atoms with Crippen molar-refractivity contribution in [3.8, 4) is 11.5 Å². The molecule has 8 heteroatoms. The molecular weight excluding hydrogens is 353 g/mol. The molecule has 2 rings (SSSR count). The lowest BCUT2D eigenvalue weighted by atomic mass is 10.2. The van der Waals surface area contributed by atoms with E-state index in [0.29, 0.717) is 17.2 Å². The SMILES string of the molecule is COc1cc(/C=N/NC(=S)NCc2ccc(F)cc2)cc(Cl)c1O. The van der Waals surface area contributed by atoms with Crippen LogP contribution in [0.4, 0.5) is 4.39 Å². The van der Waals surface area contributed by atoms with Gasteiger partial charge in [0.05, 0.1) is 18.3 Å². The summed E-state index contributed by atoms with van der Waals surface area (Å²) < 4.78 is 17.8. The molecule has 0 atom stereocenters. The first-order chi connectivity index (χ1) is 11.5. The maximum absolute atomic E-state index is 12.8. The summed E-state index contributed by atoms with van der Waals surface area (Å²) in [6.45, 7) is 0.445. The molecule has 2 aromatic rings. The van der Waals surface area contributed by atoms with Gasteiger partial charge >= 0.3 is 0 Å². The van der Waals surface area contributed by atoms with E-state index in [1.54, 1.807) is 24.3 Å². The number of aromatic hydroxyl groups is 1. The summed E-state index contributed by atoms with van der Waals surface area (Å²) in [5.41, 5.74) is 4.17. The van der Waals surface area contributed by atoms with Crippen molar-refractivity contribution in [3.63, 3.8) is 0 Å². The van der Waals surface area contributed by atoms with Crippen LogP contribution in [0.5, 0.6) is 11.5 Å². The van der Waals surface area contributed by atoms with Crippen molar-refractivity contribution in [3.05, 3.63) is 58.4 Å².